The summed E-state index contributed by atoms with van der Waals surface area (Å²) in [7, 11) is 0. The first kappa shape index (κ1) is 16.1. The lowest BCUT2D eigenvalue weighted by Crippen LogP contribution is -1.97. The molecule has 2 heteroatoms. The van der Waals surface area contributed by atoms with E-state index in [0.29, 0.717) is 0 Å². The molecular formula is C25H22N2. The number of fused-ring (bicyclic) bond motifs is 6. The van der Waals surface area contributed by atoms with Gasteiger partial charge < -0.3 is 0 Å². The second kappa shape index (κ2) is 5.68. The molecule has 0 aliphatic heterocycles. The van der Waals surface area contributed by atoms with E-state index >= 15 is 0 Å². The molecule has 0 saturated carbocycles. The Bertz CT molecular complexity index is 1330. The van der Waals surface area contributed by atoms with Crippen molar-refractivity contribution in [2.24, 2.45) is 0 Å². The van der Waals surface area contributed by atoms with Gasteiger partial charge >= 0.3 is 0 Å². The highest BCUT2D eigenvalue weighted by molar-refractivity contribution is 6.12. The Morgan fingerprint density at radius 2 is 1.41 bits per heavy atom. The molecule has 0 saturated heterocycles. The van der Waals surface area contributed by atoms with Crippen molar-refractivity contribution in [3.8, 4) is 11.3 Å². The highest BCUT2D eigenvalue weighted by atomic mass is 15.0. The number of imidazole rings is 1. The van der Waals surface area contributed by atoms with Crippen LogP contribution in [0.15, 0.2) is 60.8 Å². The van der Waals surface area contributed by atoms with E-state index in [0.717, 1.165) is 5.65 Å². The van der Waals surface area contributed by atoms with E-state index in [1.54, 1.807) is 0 Å². The Balaban J connectivity index is 2.02. The van der Waals surface area contributed by atoms with Gasteiger partial charge in [0.2, 0.25) is 0 Å². The minimum Gasteiger partial charge on any atom is -0.292 e. The topological polar surface area (TPSA) is 17.3 Å². The van der Waals surface area contributed by atoms with E-state index in [-0.39, 0.29) is 0 Å². The van der Waals surface area contributed by atoms with Crippen molar-refractivity contribution >= 4 is 27.3 Å². The molecule has 0 amide bonds. The highest BCUT2D eigenvalue weighted by Crippen LogP contribution is 2.35. The molecule has 0 aliphatic carbocycles. The summed E-state index contributed by atoms with van der Waals surface area (Å²) in [4.78, 5) is 4.86. The summed E-state index contributed by atoms with van der Waals surface area (Å²) in [6.07, 6.45) is 2.03. The molecule has 3 aromatic carbocycles. The molecule has 27 heavy (non-hydrogen) atoms. The van der Waals surface area contributed by atoms with Crippen molar-refractivity contribution in [2.75, 3.05) is 0 Å². The van der Waals surface area contributed by atoms with E-state index in [2.05, 4.69) is 86.7 Å². The van der Waals surface area contributed by atoms with E-state index in [1.165, 1.54) is 55.2 Å². The van der Waals surface area contributed by atoms with E-state index in [1.807, 2.05) is 6.20 Å². The molecule has 0 spiro atoms. The number of nitrogens with zero attached hydrogens (tertiary/aromatic N) is 2. The molecule has 2 aromatic heterocycles. The zero-order valence-corrected chi connectivity index (χ0v) is 16.2. The third kappa shape index (κ3) is 2.30. The van der Waals surface area contributed by atoms with Crippen LogP contribution < -0.4 is 0 Å². The average Bonchev–Trinajstić information content (AvgIpc) is 3.06. The van der Waals surface area contributed by atoms with E-state index in [4.69, 9.17) is 4.98 Å². The lowest BCUT2D eigenvalue weighted by Gasteiger charge is -2.14. The Morgan fingerprint density at radius 1 is 0.704 bits per heavy atom. The van der Waals surface area contributed by atoms with Gasteiger partial charge in [-0.25, -0.2) is 4.98 Å². The first-order valence-corrected chi connectivity index (χ1v) is 9.41. The van der Waals surface area contributed by atoms with E-state index < -0.39 is 0 Å². The summed E-state index contributed by atoms with van der Waals surface area (Å²) in [6, 6.07) is 19.8. The number of rotatable bonds is 1. The minimum absolute atomic E-state index is 1.02. The third-order valence-electron chi connectivity index (χ3n) is 5.55. The second-order valence-corrected chi connectivity index (χ2v) is 7.64. The van der Waals surface area contributed by atoms with Crippen molar-refractivity contribution in [3.05, 3.63) is 83.0 Å². The van der Waals surface area contributed by atoms with Crippen molar-refractivity contribution in [1.82, 2.24) is 9.38 Å². The molecule has 0 bridgehead atoms. The van der Waals surface area contributed by atoms with Crippen LogP contribution in [0.3, 0.4) is 0 Å². The summed E-state index contributed by atoms with van der Waals surface area (Å²) in [5.41, 5.74) is 9.85. The number of aromatic nitrogens is 2. The van der Waals surface area contributed by atoms with Crippen LogP contribution in [0.2, 0.25) is 0 Å². The number of aryl methyl sites for hydroxylation is 4. The molecule has 0 aliphatic rings. The normalized spacial score (nSPS) is 11.7. The maximum absolute atomic E-state index is 4.86. The molecule has 0 atom stereocenters. The SMILES string of the molecule is Cc1cc(C)c(-c2cnc3c4ccccc4c4cc(C)ccc4n23)c(C)c1. The third-order valence-corrected chi connectivity index (χ3v) is 5.55. The molecule has 2 heterocycles. The predicted molar refractivity (Wildman–Crippen MR) is 115 cm³/mol. The number of hydrogen-bond acceptors (Lipinski definition) is 1. The number of pyridine rings is 1. The average molecular weight is 350 g/mol. The maximum atomic E-state index is 4.86. The summed E-state index contributed by atoms with van der Waals surface area (Å²) in [5, 5.41) is 3.74. The van der Waals surface area contributed by atoms with Crippen LogP contribution in [0.4, 0.5) is 0 Å². The van der Waals surface area contributed by atoms with Crippen molar-refractivity contribution in [3.63, 3.8) is 0 Å². The number of benzene rings is 3. The molecule has 2 nitrogen and oxygen atoms in total. The van der Waals surface area contributed by atoms with Gasteiger partial charge in [0.25, 0.3) is 0 Å². The molecular weight excluding hydrogens is 328 g/mol. The summed E-state index contributed by atoms with van der Waals surface area (Å²) >= 11 is 0. The molecule has 0 N–H and O–H groups in total. The van der Waals surface area contributed by atoms with Gasteiger partial charge in [0.15, 0.2) is 0 Å². The van der Waals surface area contributed by atoms with Crippen LogP contribution >= 0.6 is 0 Å². The first-order chi connectivity index (χ1) is 13.0. The largest absolute Gasteiger partial charge is 0.292 e. The van der Waals surface area contributed by atoms with Crippen LogP contribution in [0.5, 0.6) is 0 Å². The minimum atomic E-state index is 1.02. The summed E-state index contributed by atoms with van der Waals surface area (Å²) < 4.78 is 2.34. The predicted octanol–water partition coefficient (Wildman–Crippen LogP) is 6.54. The van der Waals surface area contributed by atoms with Gasteiger partial charge in [-0.2, -0.15) is 0 Å². The van der Waals surface area contributed by atoms with E-state index in [9.17, 15) is 0 Å². The van der Waals surface area contributed by atoms with Crippen LogP contribution in [-0.4, -0.2) is 9.38 Å². The van der Waals surface area contributed by atoms with Crippen molar-refractivity contribution in [2.45, 2.75) is 27.7 Å². The van der Waals surface area contributed by atoms with Crippen LogP contribution in [0, 0.1) is 27.7 Å². The fourth-order valence-electron chi connectivity index (χ4n) is 4.52. The molecule has 0 fully saturated rings. The molecule has 0 unspecified atom stereocenters. The summed E-state index contributed by atoms with van der Waals surface area (Å²) in [5.74, 6) is 0. The standard InChI is InChI=1S/C25H22N2/c1-15-9-10-22-21(13-15)19-7-5-6-8-20(19)25-26-14-23(27(22)25)24-17(3)11-16(2)12-18(24)4/h5-14H,1-4H3. The van der Waals surface area contributed by atoms with Gasteiger partial charge in [0.05, 0.1) is 17.4 Å². The fraction of sp³-hybridized carbons (Fsp3) is 0.160. The zero-order valence-electron chi connectivity index (χ0n) is 16.2. The van der Waals surface area contributed by atoms with Crippen molar-refractivity contribution in [1.29, 1.82) is 0 Å². The highest BCUT2D eigenvalue weighted by Gasteiger charge is 2.16. The van der Waals surface area contributed by atoms with Gasteiger partial charge in [0.1, 0.15) is 5.65 Å². The Labute approximate surface area is 159 Å². The Kier molecular flexibility index (Phi) is 3.38. The molecule has 5 rings (SSSR count). The fourth-order valence-corrected chi connectivity index (χ4v) is 4.52. The van der Waals surface area contributed by atoms with Gasteiger partial charge in [-0.15, -0.1) is 0 Å². The Morgan fingerprint density at radius 3 is 2.15 bits per heavy atom. The quantitative estimate of drug-likeness (QED) is 0.314. The zero-order chi connectivity index (χ0) is 18.7. The smallest absolute Gasteiger partial charge is 0.145 e. The molecule has 5 aromatic rings. The Hall–Kier alpha value is -3.13. The van der Waals surface area contributed by atoms with Crippen LogP contribution in [0.25, 0.3) is 38.6 Å². The van der Waals surface area contributed by atoms with Crippen molar-refractivity contribution < 1.29 is 0 Å². The monoisotopic (exact) mass is 350 g/mol. The number of hydrogen-bond donors (Lipinski definition) is 0. The van der Waals surface area contributed by atoms with Gasteiger partial charge in [-0.3, -0.25) is 4.40 Å². The van der Waals surface area contributed by atoms with Gasteiger partial charge in [-0.1, -0.05) is 53.6 Å². The second-order valence-electron chi connectivity index (χ2n) is 7.64. The van der Waals surface area contributed by atoms with Gasteiger partial charge in [-0.05, 0) is 56.3 Å². The lowest BCUT2D eigenvalue weighted by atomic mass is 9.97. The molecule has 0 radical (unpaired) electrons. The lowest BCUT2D eigenvalue weighted by molar-refractivity contribution is 1.23. The molecule has 132 valence electrons. The maximum Gasteiger partial charge on any atom is 0.145 e. The van der Waals surface area contributed by atoms with Gasteiger partial charge in [0, 0.05) is 16.3 Å². The summed E-state index contributed by atoms with van der Waals surface area (Å²) in [6.45, 7) is 8.70. The first-order valence-electron chi connectivity index (χ1n) is 9.41. The van der Waals surface area contributed by atoms with Crippen LogP contribution in [0.1, 0.15) is 22.3 Å². The van der Waals surface area contributed by atoms with Crippen LogP contribution in [-0.2, 0) is 0 Å².